The fourth-order valence-corrected chi connectivity index (χ4v) is 2.72. The van der Waals surface area contributed by atoms with Crippen LogP contribution in [0, 0.1) is 6.92 Å². The molecule has 1 aromatic heterocycles. The first kappa shape index (κ1) is 18.5. The van der Waals surface area contributed by atoms with Gasteiger partial charge < -0.3 is 15.4 Å². The number of aryl methyl sites for hydroxylation is 1. The highest BCUT2D eigenvalue weighted by molar-refractivity contribution is 5.94. The standard InChI is InChI=1S/C22H23N3O2/c1-16-5-3-4-6-21(16)25-19-13-18(14-23-15-19)22(26)24-12-11-17-7-9-20(27-2)10-8-17/h3-10,13-15,25H,11-12H2,1-2H3,(H,24,26). The Morgan fingerprint density at radius 1 is 1.07 bits per heavy atom. The number of para-hydroxylation sites is 1. The van der Waals surface area contributed by atoms with Crippen molar-refractivity contribution in [2.45, 2.75) is 13.3 Å². The molecular formula is C22H23N3O2. The summed E-state index contributed by atoms with van der Waals surface area (Å²) < 4.78 is 5.15. The lowest BCUT2D eigenvalue weighted by Crippen LogP contribution is -2.25. The number of nitrogens with zero attached hydrogens (tertiary/aromatic N) is 1. The van der Waals surface area contributed by atoms with Gasteiger partial charge in [-0.3, -0.25) is 9.78 Å². The number of methoxy groups -OCH3 is 1. The van der Waals surface area contributed by atoms with Crippen LogP contribution < -0.4 is 15.4 Å². The van der Waals surface area contributed by atoms with E-state index in [2.05, 4.69) is 15.6 Å². The SMILES string of the molecule is COc1ccc(CCNC(=O)c2cncc(Nc3ccccc3C)c2)cc1. The third kappa shape index (κ3) is 5.07. The van der Waals surface area contributed by atoms with Crippen LogP contribution in [0.1, 0.15) is 21.5 Å². The molecule has 0 unspecified atom stereocenters. The quantitative estimate of drug-likeness (QED) is 0.665. The average molecular weight is 361 g/mol. The molecule has 27 heavy (non-hydrogen) atoms. The van der Waals surface area contributed by atoms with Gasteiger partial charge in [0, 0.05) is 18.4 Å². The number of hydrogen-bond acceptors (Lipinski definition) is 4. The average Bonchev–Trinajstić information content (AvgIpc) is 2.70. The highest BCUT2D eigenvalue weighted by atomic mass is 16.5. The van der Waals surface area contributed by atoms with Gasteiger partial charge in [-0.1, -0.05) is 30.3 Å². The van der Waals surface area contributed by atoms with Gasteiger partial charge in [0.25, 0.3) is 5.91 Å². The molecule has 0 saturated carbocycles. The van der Waals surface area contributed by atoms with Crippen LogP contribution in [0.2, 0.25) is 0 Å². The molecule has 138 valence electrons. The minimum atomic E-state index is -0.135. The Hall–Kier alpha value is -3.34. The van der Waals surface area contributed by atoms with Gasteiger partial charge in [0.2, 0.25) is 0 Å². The Bertz CT molecular complexity index is 907. The van der Waals surface area contributed by atoms with Gasteiger partial charge >= 0.3 is 0 Å². The zero-order chi connectivity index (χ0) is 19.1. The number of rotatable bonds is 7. The second-order valence-electron chi connectivity index (χ2n) is 6.26. The van der Waals surface area contributed by atoms with Crippen molar-refractivity contribution in [1.82, 2.24) is 10.3 Å². The van der Waals surface area contributed by atoms with Gasteiger partial charge in [-0.2, -0.15) is 0 Å². The van der Waals surface area contributed by atoms with E-state index in [-0.39, 0.29) is 5.91 Å². The van der Waals surface area contributed by atoms with Crippen molar-refractivity contribution in [3.8, 4) is 5.75 Å². The molecule has 2 aromatic carbocycles. The number of aromatic nitrogens is 1. The van der Waals surface area contributed by atoms with E-state index >= 15 is 0 Å². The number of carbonyl (C=O) groups excluding carboxylic acids is 1. The predicted molar refractivity (Wildman–Crippen MR) is 108 cm³/mol. The number of benzene rings is 2. The fourth-order valence-electron chi connectivity index (χ4n) is 2.72. The lowest BCUT2D eigenvalue weighted by atomic mass is 10.1. The summed E-state index contributed by atoms with van der Waals surface area (Å²) in [6.07, 6.45) is 4.04. The summed E-state index contributed by atoms with van der Waals surface area (Å²) in [7, 11) is 1.64. The smallest absolute Gasteiger partial charge is 0.252 e. The first-order chi connectivity index (χ1) is 13.2. The van der Waals surface area contributed by atoms with Gasteiger partial charge in [-0.25, -0.2) is 0 Å². The van der Waals surface area contributed by atoms with Crippen molar-refractivity contribution in [3.05, 3.63) is 83.7 Å². The van der Waals surface area contributed by atoms with Crippen LogP contribution in [-0.2, 0) is 6.42 Å². The highest BCUT2D eigenvalue weighted by Gasteiger charge is 2.07. The maximum Gasteiger partial charge on any atom is 0.252 e. The van der Waals surface area contributed by atoms with Gasteiger partial charge in [0.05, 0.1) is 24.6 Å². The molecule has 1 heterocycles. The van der Waals surface area contributed by atoms with E-state index in [1.54, 1.807) is 19.5 Å². The molecule has 1 amide bonds. The molecule has 0 saturated heterocycles. The monoisotopic (exact) mass is 361 g/mol. The zero-order valence-electron chi connectivity index (χ0n) is 15.5. The molecular weight excluding hydrogens is 338 g/mol. The van der Waals surface area contributed by atoms with E-state index in [9.17, 15) is 4.79 Å². The number of anilines is 2. The molecule has 0 aliphatic heterocycles. The van der Waals surface area contributed by atoms with Gasteiger partial charge in [0.15, 0.2) is 0 Å². The minimum absolute atomic E-state index is 0.135. The Morgan fingerprint density at radius 3 is 2.59 bits per heavy atom. The molecule has 3 aromatic rings. The maximum absolute atomic E-state index is 12.4. The summed E-state index contributed by atoms with van der Waals surface area (Å²) in [6, 6.07) is 17.6. The first-order valence-corrected chi connectivity index (χ1v) is 8.84. The van der Waals surface area contributed by atoms with Crippen LogP contribution in [-0.4, -0.2) is 24.5 Å². The lowest BCUT2D eigenvalue weighted by molar-refractivity contribution is 0.0954. The fraction of sp³-hybridized carbons (Fsp3) is 0.182. The number of hydrogen-bond donors (Lipinski definition) is 2. The molecule has 0 radical (unpaired) electrons. The van der Waals surface area contributed by atoms with Gasteiger partial charge in [-0.15, -0.1) is 0 Å². The Morgan fingerprint density at radius 2 is 1.85 bits per heavy atom. The summed E-state index contributed by atoms with van der Waals surface area (Å²) >= 11 is 0. The molecule has 3 rings (SSSR count). The summed E-state index contributed by atoms with van der Waals surface area (Å²) in [5.74, 6) is 0.691. The molecule has 0 aliphatic carbocycles. The van der Waals surface area contributed by atoms with Crippen molar-refractivity contribution < 1.29 is 9.53 Å². The third-order valence-corrected chi connectivity index (χ3v) is 4.28. The first-order valence-electron chi connectivity index (χ1n) is 8.84. The van der Waals surface area contributed by atoms with Crippen molar-refractivity contribution in [1.29, 1.82) is 0 Å². The van der Waals surface area contributed by atoms with Crippen molar-refractivity contribution >= 4 is 17.3 Å². The Balaban J connectivity index is 1.57. The molecule has 0 aliphatic rings. The Labute approximate surface area is 159 Å². The van der Waals surface area contributed by atoms with Crippen molar-refractivity contribution in [2.75, 3.05) is 19.0 Å². The van der Waals surface area contributed by atoms with Crippen LogP contribution in [0.3, 0.4) is 0 Å². The number of nitrogens with one attached hydrogen (secondary N) is 2. The number of amides is 1. The molecule has 0 fully saturated rings. The van der Waals surface area contributed by atoms with Gasteiger partial charge in [-0.05, 0) is 48.7 Å². The van der Waals surface area contributed by atoms with E-state index < -0.39 is 0 Å². The van der Waals surface area contributed by atoms with Crippen molar-refractivity contribution in [3.63, 3.8) is 0 Å². The summed E-state index contributed by atoms with van der Waals surface area (Å²) in [4.78, 5) is 16.6. The molecule has 2 N–H and O–H groups in total. The second-order valence-corrected chi connectivity index (χ2v) is 6.26. The summed E-state index contributed by atoms with van der Waals surface area (Å²) in [6.45, 7) is 2.59. The summed E-state index contributed by atoms with van der Waals surface area (Å²) in [5.41, 5.74) is 4.59. The number of ether oxygens (including phenoxy) is 1. The van der Waals surface area contributed by atoms with Crippen molar-refractivity contribution in [2.24, 2.45) is 0 Å². The van der Waals surface area contributed by atoms with E-state index in [0.29, 0.717) is 12.1 Å². The summed E-state index contributed by atoms with van der Waals surface area (Å²) in [5, 5.41) is 6.25. The number of carbonyl (C=O) groups is 1. The topological polar surface area (TPSA) is 63.2 Å². The van der Waals surface area contributed by atoms with E-state index in [1.807, 2.05) is 61.5 Å². The predicted octanol–water partition coefficient (Wildman–Crippen LogP) is 4.11. The van der Waals surface area contributed by atoms with E-state index in [4.69, 9.17) is 4.74 Å². The number of pyridine rings is 1. The molecule has 0 bridgehead atoms. The van der Waals surface area contributed by atoms with E-state index in [0.717, 1.165) is 34.7 Å². The van der Waals surface area contributed by atoms with Crippen LogP contribution >= 0.6 is 0 Å². The zero-order valence-corrected chi connectivity index (χ0v) is 15.5. The van der Waals surface area contributed by atoms with Crippen LogP contribution in [0.25, 0.3) is 0 Å². The van der Waals surface area contributed by atoms with Crippen LogP contribution in [0.4, 0.5) is 11.4 Å². The Kier molecular flexibility index (Phi) is 6.05. The normalized spacial score (nSPS) is 10.3. The largest absolute Gasteiger partial charge is 0.497 e. The molecule has 5 nitrogen and oxygen atoms in total. The second kappa shape index (κ2) is 8.85. The van der Waals surface area contributed by atoms with E-state index in [1.165, 1.54) is 0 Å². The maximum atomic E-state index is 12.4. The third-order valence-electron chi connectivity index (χ3n) is 4.28. The highest BCUT2D eigenvalue weighted by Crippen LogP contribution is 2.20. The molecule has 0 atom stereocenters. The molecule has 0 spiro atoms. The minimum Gasteiger partial charge on any atom is -0.497 e. The van der Waals surface area contributed by atoms with Crippen LogP contribution in [0.5, 0.6) is 5.75 Å². The van der Waals surface area contributed by atoms with Crippen LogP contribution in [0.15, 0.2) is 67.0 Å². The van der Waals surface area contributed by atoms with Gasteiger partial charge in [0.1, 0.15) is 5.75 Å². The molecule has 5 heteroatoms. The lowest BCUT2D eigenvalue weighted by Gasteiger charge is -2.10.